The Kier molecular flexibility index (Phi) is 8.74. The summed E-state index contributed by atoms with van der Waals surface area (Å²) in [6.45, 7) is 8.59. The maximum Gasteiger partial charge on any atom is 0.135 e. The van der Waals surface area contributed by atoms with Gasteiger partial charge >= 0.3 is 0 Å². The maximum absolute atomic E-state index is 11.0. The van der Waals surface area contributed by atoms with Crippen LogP contribution >= 0.6 is 0 Å². The molecule has 0 saturated carbocycles. The van der Waals surface area contributed by atoms with Crippen LogP contribution in [0.1, 0.15) is 20.8 Å². The van der Waals surface area contributed by atoms with Gasteiger partial charge in [-0.2, -0.15) is 0 Å². The second-order valence-corrected chi connectivity index (χ2v) is 9.20. The molecule has 3 aromatic rings. The lowest BCUT2D eigenvalue weighted by Gasteiger charge is -2.21. The predicted octanol–water partition coefficient (Wildman–Crippen LogP) is 4.71. The Morgan fingerprint density at radius 1 is 0.778 bits per heavy atom. The SMILES string of the molecule is COc1ccc2c(OCC(C)OCC(C)OCC(C)OCC3CO3)c3cc(OC)ccc3c(O)c2c1. The molecule has 1 aliphatic rings. The van der Waals surface area contributed by atoms with Crippen LogP contribution in [0.25, 0.3) is 21.5 Å². The number of hydrogen-bond acceptors (Lipinski definition) is 8. The van der Waals surface area contributed by atoms with E-state index < -0.39 is 0 Å². The van der Waals surface area contributed by atoms with Crippen molar-refractivity contribution in [3.8, 4) is 23.0 Å². The van der Waals surface area contributed by atoms with E-state index in [4.69, 9.17) is 33.2 Å². The number of phenols is 1. The minimum Gasteiger partial charge on any atom is -0.507 e. The van der Waals surface area contributed by atoms with Crippen molar-refractivity contribution in [1.82, 2.24) is 0 Å². The van der Waals surface area contributed by atoms with Crippen LogP contribution in [0, 0.1) is 0 Å². The molecular weight excluding hydrogens is 464 g/mol. The van der Waals surface area contributed by atoms with Crippen molar-refractivity contribution in [2.24, 2.45) is 0 Å². The monoisotopic (exact) mass is 500 g/mol. The fourth-order valence-electron chi connectivity index (χ4n) is 3.92. The highest BCUT2D eigenvalue weighted by Gasteiger charge is 2.23. The van der Waals surface area contributed by atoms with Crippen LogP contribution in [0.3, 0.4) is 0 Å². The largest absolute Gasteiger partial charge is 0.507 e. The first kappa shape index (κ1) is 26.3. The Bertz CT molecular complexity index is 1160. The summed E-state index contributed by atoms with van der Waals surface area (Å²) in [5.74, 6) is 2.16. The molecule has 0 aliphatic carbocycles. The molecule has 1 N–H and O–H groups in total. The van der Waals surface area contributed by atoms with E-state index in [2.05, 4.69) is 0 Å². The van der Waals surface area contributed by atoms with Gasteiger partial charge in [0.1, 0.15) is 35.7 Å². The molecule has 1 saturated heterocycles. The van der Waals surface area contributed by atoms with Crippen molar-refractivity contribution >= 4 is 21.5 Å². The second kappa shape index (κ2) is 12.0. The molecule has 8 heteroatoms. The summed E-state index contributed by atoms with van der Waals surface area (Å²) in [6.07, 6.45) is -0.00805. The van der Waals surface area contributed by atoms with Crippen molar-refractivity contribution in [2.45, 2.75) is 45.2 Å². The fraction of sp³-hybridized carbons (Fsp3) is 0.500. The first-order valence-corrected chi connectivity index (χ1v) is 12.3. The first-order chi connectivity index (χ1) is 17.4. The molecule has 1 aliphatic heterocycles. The zero-order valence-electron chi connectivity index (χ0n) is 21.6. The lowest BCUT2D eigenvalue weighted by Crippen LogP contribution is -2.27. The second-order valence-electron chi connectivity index (χ2n) is 9.20. The third kappa shape index (κ3) is 6.50. The molecular formula is C28H36O8. The van der Waals surface area contributed by atoms with Gasteiger partial charge in [-0.05, 0) is 57.2 Å². The van der Waals surface area contributed by atoms with Crippen molar-refractivity contribution in [3.63, 3.8) is 0 Å². The van der Waals surface area contributed by atoms with Crippen LogP contribution in [0.2, 0.25) is 0 Å². The van der Waals surface area contributed by atoms with E-state index >= 15 is 0 Å². The average Bonchev–Trinajstić information content (AvgIpc) is 3.73. The number of benzene rings is 3. The number of hydrogen-bond donors (Lipinski definition) is 1. The molecule has 196 valence electrons. The third-order valence-electron chi connectivity index (χ3n) is 6.12. The smallest absolute Gasteiger partial charge is 0.135 e. The molecule has 4 rings (SSSR count). The molecule has 0 radical (unpaired) electrons. The summed E-state index contributed by atoms with van der Waals surface area (Å²) in [5.41, 5.74) is 0. The molecule has 0 amide bonds. The van der Waals surface area contributed by atoms with E-state index in [1.807, 2.05) is 57.2 Å². The Morgan fingerprint density at radius 2 is 1.33 bits per heavy atom. The first-order valence-electron chi connectivity index (χ1n) is 12.3. The standard InChI is InChI=1S/C28H36O8/c1-17(32-13-18(2)34-15-22-16-35-22)12-33-19(3)14-36-28-24-9-7-20(30-4)10-25(24)27(29)23-8-6-21(31-5)11-26(23)28/h6-11,17-19,22,29H,12-16H2,1-5H3. The molecule has 1 fully saturated rings. The molecule has 4 unspecified atom stereocenters. The van der Waals surface area contributed by atoms with Gasteiger partial charge in [0, 0.05) is 21.5 Å². The summed E-state index contributed by atoms with van der Waals surface area (Å²) in [5, 5.41) is 13.9. The van der Waals surface area contributed by atoms with Crippen molar-refractivity contribution in [1.29, 1.82) is 0 Å². The van der Waals surface area contributed by atoms with Crippen LogP contribution in [0.4, 0.5) is 0 Å². The highest BCUT2D eigenvalue weighted by atomic mass is 16.6. The lowest BCUT2D eigenvalue weighted by molar-refractivity contribution is -0.0740. The van der Waals surface area contributed by atoms with Gasteiger partial charge in [-0.1, -0.05) is 0 Å². The summed E-state index contributed by atoms with van der Waals surface area (Å²) in [7, 11) is 3.21. The summed E-state index contributed by atoms with van der Waals surface area (Å²) in [6, 6.07) is 11.1. The zero-order valence-corrected chi connectivity index (χ0v) is 21.6. The van der Waals surface area contributed by atoms with Gasteiger partial charge < -0.3 is 38.3 Å². The number of phenolic OH excluding ortho intramolecular Hbond substituents is 1. The van der Waals surface area contributed by atoms with Crippen molar-refractivity contribution < 1.29 is 38.3 Å². The normalized spacial score (nSPS) is 17.6. The van der Waals surface area contributed by atoms with Crippen LogP contribution in [-0.2, 0) is 18.9 Å². The minimum atomic E-state index is -0.181. The van der Waals surface area contributed by atoms with Crippen LogP contribution < -0.4 is 14.2 Å². The van der Waals surface area contributed by atoms with E-state index in [1.165, 1.54) is 0 Å². The third-order valence-corrected chi connectivity index (χ3v) is 6.12. The van der Waals surface area contributed by atoms with Gasteiger partial charge in [0.2, 0.25) is 0 Å². The zero-order chi connectivity index (χ0) is 25.7. The highest BCUT2D eigenvalue weighted by molar-refractivity contribution is 6.11. The van der Waals surface area contributed by atoms with Crippen LogP contribution in [-0.4, -0.2) is 76.8 Å². The van der Waals surface area contributed by atoms with Gasteiger partial charge in [-0.15, -0.1) is 0 Å². The van der Waals surface area contributed by atoms with Crippen LogP contribution in [0.15, 0.2) is 36.4 Å². The van der Waals surface area contributed by atoms with Crippen molar-refractivity contribution in [2.75, 3.05) is 47.3 Å². The van der Waals surface area contributed by atoms with E-state index in [1.54, 1.807) is 14.2 Å². The van der Waals surface area contributed by atoms with Gasteiger partial charge in [-0.3, -0.25) is 0 Å². The Hall–Kier alpha value is -2.78. The van der Waals surface area contributed by atoms with Crippen LogP contribution in [0.5, 0.6) is 23.0 Å². The van der Waals surface area contributed by atoms with Gasteiger partial charge in [0.05, 0.1) is 59.0 Å². The minimum absolute atomic E-state index is 0.00378. The summed E-state index contributed by atoms with van der Waals surface area (Å²) in [4.78, 5) is 0. The van der Waals surface area contributed by atoms with Gasteiger partial charge in [0.15, 0.2) is 0 Å². The molecule has 36 heavy (non-hydrogen) atoms. The maximum atomic E-state index is 11.0. The number of ether oxygens (including phenoxy) is 7. The van der Waals surface area contributed by atoms with E-state index in [9.17, 15) is 5.11 Å². The number of epoxide rings is 1. The average molecular weight is 501 g/mol. The van der Waals surface area contributed by atoms with Crippen molar-refractivity contribution in [3.05, 3.63) is 36.4 Å². The number of methoxy groups -OCH3 is 2. The number of aromatic hydroxyl groups is 1. The Balaban J connectivity index is 1.40. The number of rotatable bonds is 14. The van der Waals surface area contributed by atoms with E-state index in [0.29, 0.717) is 54.4 Å². The summed E-state index contributed by atoms with van der Waals surface area (Å²) < 4.78 is 39.8. The molecule has 0 spiro atoms. The molecule has 8 nitrogen and oxygen atoms in total. The van der Waals surface area contributed by atoms with Gasteiger partial charge in [0.25, 0.3) is 0 Å². The Labute approximate surface area is 211 Å². The topological polar surface area (TPSA) is 88.1 Å². The highest BCUT2D eigenvalue weighted by Crippen LogP contribution is 2.44. The molecule has 1 heterocycles. The Morgan fingerprint density at radius 3 is 1.94 bits per heavy atom. The van der Waals surface area contributed by atoms with Gasteiger partial charge in [-0.25, -0.2) is 0 Å². The number of fused-ring (bicyclic) bond motifs is 2. The predicted molar refractivity (Wildman–Crippen MR) is 138 cm³/mol. The van der Waals surface area contributed by atoms with E-state index in [0.717, 1.165) is 17.4 Å². The summed E-state index contributed by atoms with van der Waals surface area (Å²) >= 11 is 0. The van der Waals surface area contributed by atoms with E-state index in [-0.39, 0.29) is 30.2 Å². The fourth-order valence-corrected chi connectivity index (χ4v) is 3.92. The molecule has 3 aromatic carbocycles. The molecule has 4 atom stereocenters. The molecule has 0 bridgehead atoms. The molecule has 0 aromatic heterocycles. The lowest BCUT2D eigenvalue weighted by atomic mass is 10.00. The quantitative estimate of drug-likeness (QED) is 0.252.